The van der Waals surface area contributed by atoms with E-state index in [0.29, 0.717) is 45.1 Å². The Kier molecular flexibility index (Phi) is 5.96. The van der Waals surface area contributed by atoms with Crippen molar-refractivity contribution in [3.8, 4) is 11.5 Å². The van der Waals surface area contributed by atoms with Crippen LogP contribution in [0.4, 0.5) is 10.1 Å². The van der Waals surface area contributed by atoms with Crippen molar-refractivity contribution in [1.29, 1.82) is 0 Å². The van der Waals surface area contributed by atoms with Gasteiger partial charge in [0, 0.05) is 35.6 Å². The summed E-state index contributed by atoms with van der Waals surface area (Å²) in [6, 6.07) is 7.41. The Hall–Kier alpha value is -3.27. The summed E-state index contributed by atoms with van der Waals surface area (Å²) < 4.78 is 41.8. The molecular weight excluding hydrogens is 437 g/mol. The van der Waals surface area contributed by atoms with E-state index < -0.39 is 27.6 Å². The molecule has 0 aliphatic carbocycles. The maximum absolute atomic E-state index is 13.8. The van der Waals surface area contributed by atoms with E-state index in [4.69, 9.17) is 14.6 Å². The van der Waals surface area contributed by atoms with E-state index in [-0.39, 0.29) is 12.2 Å². The zero-order valence-electron chi connectivity index (χ0n) is 17.6. The molecule has 168 valence electrons. The molecule has 0 saturated carbocycles. The van der Waals surface area contributed by atoms with Gasteiger partial charge in [0.05, 0.1) is 39.1 Å². The van der Waals surface area contributed by atoms with E-state index in [1.807, 2.05) is 0 Å². The lowest BCUT2D eigenvalue weighted by Crippen LogP contribution is -2.23. The van der Waals surface area contributed by atoms with Crippen LogP contribution in [0.5, 0.6) is 11.5 Å². The van der Waals surface area contributed by atoms with Crippen LogP contribution >= 0.6 is 0 Å². The SMILES string of the molecule is COc1cc(N=S2(=O)CCC2)cc2ncnc(Cc3ccc(F)cc3O[C@H](C)C(=O)O)c12. The first-order valence-electron chi connectivity index (χ1n) is 10.00. The molecular formula is C22H22FN3O5S. The molecule has 1 atom stereocenters. The average Bonchev–Trinajstić information content (AvgIpc) is 2.73. The van der Waals surface area contributed by atoms with Crippen LogP contribution in [-0.4, -0.2) is 50.0 Å². The first kappa shape index (κ1) is 21.9. The first-order valence-corrected chi connectivity index (χ1v) is 11.9. The normalized spacial score (nSPS) is 15.6. The standard InChI is InChI=1S/C22H22FN3O5S/c1-13(22(27)28)31-19-9-15(23)5-4-14(19)8-17-21-18(25-12-24-17)10-16(11-20(21)30-2)26-32(29)6-3-7-32/h4-5,9-13H,3,6-8H2,1-2H3,(H,27,28)/t13-/m1/s1. The highest BCUT2D eigenvalue weighted by Gasteiger charge is 2.21. The summed E-state index contributed by atoms with van der Waals surface area (Å²) in [6.45, 7) is 1.37. The lowest BCUT2D eigenvalue weighted by atomic mass is 10.0. The molecule has 0 bridgehead atoms. The molecule has 1 aliphatic rings. The molecule has 0 unspecified atom stereocenters. The van der Waals surface area contributed by atoms with Gasteiger partial charge in [0.15, 0.2) is 6.10 Å². The predicted molar refractivity (Wildman–Crippen MR) is 118 cm³/mol. The summed E-state index contributed by atoms with van der Waals surface area (Å²) in [4.78, 5) is 19.9. The van der Waals surface area contributed by atoms with E-state index in [1.165, 1.54) is 32.5 Å². The maximum atomic E-state index is 13.8. The Morgan fingerprint density at radius 2 is 2.03 bits per heavy atom. The Labute approximate surface area is 184 Å². The van der Waals surface area contributed by atoms with Crippen LogP contribution in [-0.2, 0) is 20.9 Å². The van der Waals surface area contributed by atoms with Crippen molar-refractivity contribution in [2.75, 3.05) is 18.6 Å². The fraction of sp³-hybridized carbons (Fsp3) is 0.318. The largest absolute Gasteiger partial charge is 0.496 e. The molecule has 10 heteroatoms. The van der Waals surface area contributed by atoms with Gasteiger partial charge >= 0.3 is 5.97 Å². The van der Waals surface area contributed by atoms with Crippen molar-refractivity contribution in [3.63, 3.8) is 0 Å². The number of halogens is 1. The van der Waals surface area contributed by atoms with Gasteiger partial charge in [-0.05, 0) is 25.5 Å². The van der Waals surface area contributed by atoms with Crippen molar-refractivity contribution in [1.82, 2.24) is 9.97 Å². The highest BCUT2D eigenvalue weighted by molar-refractivity contribution is 7.95. The molecule has 32 heavy (non-hydrogen) atoms. The second kappa shape index (κ2) is 8.70. The summed E-state index contributed by atoms with van der Waals surface area (Å²) in [6.07, 6.45) is 1.38. The zero-order valence-corrected chi connectivity index (χ0v) is 18.4. The summed E-state index contributed by atoms with van der Waals surface area (Å²) in [7, 11) is -0.683. The number of carboxylic acid groups (broad SMARTS) is 1. The van der Waals surface area contributed by atoms with Crippen molar-refractivity contribution >= 4 is 32.3 Å². The summed E-state index contributed by atoms with van der Waals surface area (Å²) in [5, 5.41) is 9.78. The van der Waals surface area contributed by atoms with Gasteiger partial charge in [-0.2, -0.15) is 4.36 Å². The van der Waals surface area contributed by atoms with Gasteiger partial charge in [0.25, 0.3) is 0 Å². The predicted octanol–water partition coefficient (Wildman–Crippen LogP) is 3.72. The molecule has 3 aromatic rings. The van der Waals surface area contributed by atoms with Gasteiger partial charge in [-0.3, -0.25) is 0 Å². The van der Waals surface area contributed by atoms with Crippen molar-refractivity contribution in [2.45, 2.75) is 25.9 Å². The van der Waals surface area contributed by atoms with Crippen molar-refractivity contribution in [3.05, 3.63) is 53.7 Å². The molecule has 2 heterocycles. The summed E-state index contributed by atoms with van der Waals surface area (Å²) in [5.41, 5.74) is 2.25. The van der Waals surface area contributed by atoms with Gasteiger partial charge in [-0.1, -0.05) is 6.07 Å². The van der Waals surface area contributed by atoms with E-state index in [0.717, 1.165) is 12.5 Å². The number of benzene rings is 2. The minimum absolute atomic E-state index is 0.124. The van der Waals surface area contributed by atoms with Gasteiger partial charge in [0.2, 0.25) is 0 Å². The van der Waals surface area contributed by atoms with E-state index in [2.05, 4.69) is 14.3 Å². The fourth-order valence-corrected chi connectivity index (χ4v) is 4.89. The van der Waals surface area contributed by atoms with E-state index in [9.17, 15) is 13.4 Å². The smallest absolute Gasteiger partial charge is 0.344 e. The fourth-order valence-electron chi connectivity index (χ4n) is 3.43. The Balaban J connectivity index is 1.77. The molecule has 0 radical (unpaired) electrons. The highest BCUT2D eigenvalue weighted by Crippen LogP contribution is 2.35. The molecule has 1 N–H and O–H groups in total. The third kappa shape index (κ3) is 4.50. The second-order valence-corrected chi connectivity index (χ2v) is 10.1. The van der Waals surface area contributed by atoms with Gasteiger partial charge in [-0.25, -0.2) is 23.4 Å². The Morgan fingerprint density at radius 1 is 1.25 bits per heavy atom. The summed E-state index contributed by atoms with van der Waals surface area (Å²) >= 11 is 0. The molecule has 2 aromatic carbocycles. The number of carbonyl (C=O) groups is 1. The Morgan fingerprint density at radius 3 is 2.69 bits per heavy atom. The minimum atomic E-state index is -2.20. The number of fused-ring (bicyclic) bond motifs is 1. The van der Waals surface area contributed by atoms with E-state index >= 15 is 0 Å². The van der Waals surface area contributed by atoms with Crippen LogP contribution in [0.3, 0.4) is 0 Å². The number of rotatable bonds is 7. The van der Waals surface area contributed by atoms with E-state index in [1.54, 1.807) is 12.1 Å². The number of hydrogen-bond donors (Lipinski definition) is 1. The maximum Gasteiger partial charge on any atom is 0.344 e. The third-order valence-electron chi connectivity index (χ3n) is 5.22. The van der Waals surface area contributed by atoms with Gasteiger partial charge < -0.3 is 14.6 Å². The van der Waals surface area contributed by atoms with Crippen molar-refractivity contribution in [2.24, 2.45) is 4.36 Å². The van der Waals surface area contributed by atoms with Gasteiger partial charge in [0.1, 0.15) is 23.6 Å². The molecule has 1 aromatic heterocycles. The van der Waals surface area contributed by atoms with Crippen LogP contribution in [0.15, 0.2) is 41.0 Å². The molecule has 0 spiro atoms. The average molecular weight is 459 g/mol. The first-order chi connectivity index (χ1) is 15.3. The lowest BCUT2D eigenvalue weighted by Gasteiger charge is -2.18. The zero-order chi connectivity index (χ0) is 22.9. The summed E-state index contributed by atoms with van der Waals surface area (Å²) in [5.74, 6) is 0.0783. The van der Waals surface area contributed by atoms with Crippen LogP contribution < -0.4 is 9.47 Å². The molecule has 8 nitrogen and oxygen atoms in total. The number of aliphatic carboxylic acids is 1. The topological polar surface area (TPSA) is 111 Å². The Bertz CT molecular complexity index is 1310. The molecule has 1 fully saturated rings. The van der Waals surface area contributed by atoms with Crippen LogP contribution in [0.1, 0.15) is 24.6 Å². The van der Waals surface area contributed by atoms with Crippen molar-refractivity contribution < 1.29 is 28.0 Å². The second-order valence-electron chi connectivity index (χ2n) is 7.52. The number of methoxy groups -OCH3 is 1. The van der Waals surface area contributed by atoms with Crippen LogP contribution in [0, 0.1) is 5.82 Å². The molecule has 0 amide bonds. The quantitative estimate of drug-likeness (QED) is 0.573. The molecule has 1 saturated heterocycles. The number of ether oxygens (including phenoxy) is 2. The number of carboxylic acids is 1. The van der Waals surface area contributed by atoms with Gasteiger partial charge in [-0.15, -0.1) is 0 Å². The minimum Gasteiger partial charge on any atom is -0.496 e. The number of hydrogen-bond acceptors (Lipinski definition) is 7. The monoisotopic (exact) mass is 459 g/mol. The van der Waals surface area contributed by atoms with Crippen LogP contribution in [0.25, 0.3) is 10.9 Å². The number of nitrogens with zero attached hydrogens (tertiary/aromatic N) is 3. The number of aromatic nitrogens is 2. The lowest BCUT2D eigenvalue weighted by molar-refractivity contribution is -0.144. The third-order valence-corrected chi connectivity index (χ3v) is 7.62. The molecule has 4 rings (SSSR count). The highest BCUT2D eigenvalue weighted by atomic mass is 32.2. The van der Waals surface area contributed by atoms with Crippen LogP contribution in [0.2, 0.25) is 0 Å². The molecule has 1 aliphatic heterocycles.